The standard InChI is InChI=1S/C12H20N2S/c1-2-3-10(13)7-11-8-15-12(14-11)6-9-4-5-9/h8-10H,2-7,13H2,1H3. The second-order valence-corrected chi connectivity index (χ2v) is 5.58. The van der Waals surface area contributed by atoms with Gasteiger partial charge in [0, 0.05) is 24.3 Å². The smallest absolute Gasteiger partial charge is 0.0931 e. The SMILES string of the molecule is CCCC(N)Cc1csc(CC2CC2)n1. The van der Waals surface area contributed by atoms with E-state index >= 15 is 0 Å². The predicted molar refractivity (Wildman–Crippen MR) is 65.1 cm³/mol. The number of hydrogen-bond donors (Lipinski definition) is 1. The molecule has 84 valence electrons. The zero-order valence-electron chi connectivity index (χ0n) is 9.41. The predicted octanol–water partition coefficient (Wildman–Crippen LogP) is 2.77. The molecule has 1 heterocycles. The van der Waals surface area contributed by atoms with Gasteiger partial charge in [-0.2, -0.15) is 0 Å². The van der Waals surface area contributed by atoms with Crippen LogP contribution in [-0.2, 0) is 12.8 Å². The molecular weight excluding hydrogens is 204 g/mol. The van der Waals surface area contributed by atoms with Gasteiger partial charge in [0.15, 0.2) is 0 Å². The third-order valence-corrected chi connectivity index (χ3v) is 3.81. The molecule has 15 heavy (non-hydrogen) atoms. The Bertz CT molecular complexity index is 304. The van der Waals surface area contributed by atoms with Gasteiger partial charge in [0.05, 0.1) is 10.7 Å². The second kappa shape index (κ2) is 5.08. The maximum Gasteiger partial charge on any atom is 0.0931 e. The molecule has 0 bridgehead atoms. The number of hydrogen-bond acceptors (Lipinski definition) is 3. The van der Waals surface area contributed by atoms with Crippen molar-refractivity contribution < 1.29 is 0 Å². The fourth-order valence-electron chi connectivity index (χ4n) is 1.85. The topological polar surface area (TPSA) is 38.9 Å². The average Bonchev–Trinajstić information content (AvgIpc) is 2.88. The number of thiazole rings is 1. The highest BCUT2D eigenvalue weighted by Gasteiger charge is 2.22. The number of nitrogens with two attached hydrogens (primary N) is 1. The summed E-state index contributed by atoms with van der Waals surface area (Å²) in [5.41, 5.74) is 7.21. The molecule has 0 spiro atoms. The molecule has 1 unspecified atom stereocenters. The molecule has 1 fully saturated rings. The first-order valence-corrected chi connectivity index (χ1v) is 6.84. The fourth-order valence-corrected chi connectivity index (χ4v) is 2.77. The van der Waals surface area contributed by atoms with Crippen LogP contribution in [0.15, 0.2) is 5.38 Å². The van der Waals surface area contributed by atoms with Crippen LogP contribution in [0.3, 0.4) is 0 Å². The Balaban J connectivity index is 1.82. The molecule has 0 radical (unpaired) electrons. The summed E-state index contributed by atoms with van der Waals surface area (Å²) in [6.07, 6.45) is 7.24. The average molecular weight is 224 g/mol. The van der Waals surface area contributed by atoms with Crippen molar-refractivity contribution in [1.29, 1.82) is 0 Å². The molecule has 1 aliphatic rings. The summed E-state index contributed by atoms with van der Waals surface area (Å²) in [5.74, 6) is 0.938. The van der Waals surface area contributed by atoms with Crippen LogP contribution in [0.5, 0.6) is 0 Å². The molecule has 0 saturated heterocycles. The zero-order chi connectivity index (χ0) is 10.7. The number of nitrogens with zero attached hydrogens (tertiary/aromatic N) is 1. The summed E-state index contributed by atoms with van der Waals surface area (Å²) >= 11 is 1.81. The summed E-state index contributed by atoms with van der Waals surface area (Å²) < 4.78 is 0. The monoisotopic (exact) mass is 224 g/mol. The lowest BCUT2D eigenvalue weighted by molar-refractivity contribution is 0.594. The van der Waals surface area contributed by atoms with E-state index in [1.165, 1.54) is 36.4 Å². The van der Waals surface area contributed by atoms with E-state index in [4.69, 9.17) is 5.73 Å². The Morgan fingerprint density at radius 2 is 2.40 bits per heavy atom. The van der Waals surface area contributed by atoms with Crippen LogP contribution in [0.2, 0.25) is 0 Å². The van der Waals surface area contributed by atoms with Crippen LogP contribution in [0, 0.1) is 5.92 Å². The minimum atomic E-state index is 0.297. The van der Waals surface area contributed by atoms with E-state index in [1.807, 2.05) is 11.3 Å². The van der Waals surface area contributed by atoms with Crippen LogP contribution in [0.25, 0.3) is 0 Å². The summed E-state index contributed by atoms with van der Waals surface area (Å²) in [4.78, 5) is 4.65. The molecule has 2 nitrogen and oxygen atoms in total. The van der Waals surface area contributed by atoms with Crippen molar-refractivity contribution in [2.24, 2.45) is 11.7 Å². The van der Waals surface area contributed by atoms with Crippen molar-refractivity contribution in [2.45, 2.75) is 51.5 Å². The van der Waals surface area contributed by atoms with Crippen LogP contribution in [0.1, 0.15) is 43.3 Å². The van der Waals surface area contributed by atoms with Gasteiger partial charge < -0.3 is 5.73 Å². The van der Waals surface area contributed by atoms with E-state index in [2.05, 4.69) is 17.3 Å². The van der Waals surface area contributed by atoms with E-state index in [1.54, 1.807) is 0 Å². The third kappa shape index (κ3) is 3.58. The van der Waals surface area contributed by atoms with E-state index in [-0.39, 0.29) is 0 Å². The molecule has 2 N–H and O–H groups in total. The van der Waals surface area contributed by atoms with Crippen LogP contribution in [0.4, 0.5) is 0 Å². The lowest BCUT2D eigenvalue weighted by atomic mass is 10.1. The van der Waals surface area contributed by atoms with Crippen molar-refractivity contribution in [2.75, 3.05) is 0 Å². The van der Waals surface area contributed by atoms with Crippen molar-refractivity contribution in [3.05, 3.63) is 16.1 Å². The largest absolute Gasteiger partial charge is 0.327 e. The highest BCUT2D eigenvalue weighted by Crippen LogP contribution is 2.33. The Labute approximate surface area is 95.9 Å². The summed E-state index contributed by atoms with van der Waals surface area (Å²) in [5, 5.41) is 3.50. The maximum atomic E-state index is 6.00. The van der Waals surface area contributed by atoms with Gasteiger partial charge in [0.1, 0.15) is 0 Å². The van der Waals surface area contributed by atoms with E-state index in [0.717, 1.165) is 18.8 Å². The first kappa shape index (κ1) is 11.1. The van der Waals surface area contributed by atoms with Gasteiger partial charge in [-0.3, -0.25) is 0 Å². The number of aromatic nitrogens is 1. The quantitative estimate of drug-likeness (QED) is 0.807. The maximum absolute atomic E-state index is 6.00. The zero-order valence-corrected chi connectivity index (χ0v) is 10.2. The molecule has 1 aromatic heterocycles. The molecule has 0 aliphatic heterocycles. The minimum absolute atomic E-state index is 0.297. The highest BCUT2D eigenvalue weighted by molar-refractivity contribution is 7.09. The Morgan fingerprint density at radius 3 is 3.07 bits per heavy atom. The Kier molecular flexibility index (Phi) is 3.76. The molecule has 0 aromatic carbocycles. The molecule has 3 heteroatoms. The minimum Gasteiger partial charge on any atom is -0.327 e. The molecule has 2 rings (SSSR count). The fraction of sp³-hybridized carbons (Fsp3) is 0.750. The molecule has 1 atom stereocenters. The van der Waals surface area contributed by atoms with Crippen molar-refractivity contribution >= 4 is 11.3 Å². The Hall–Kier alpha value is -0.410. The van der Waals surface area contributed by atoms with Gasteiger partial charge in [-0.15, -0.1) is 11.3 Å². The van der Waals surface area contributed by atoms with Crippen molar-refractivity contribution in [3.63, 3.8) is 0 Å². The summed E-state index contributed by atoms with van der Waals surface area (Å²) in [6.45, 7) is 2.18. The highest BCUT2D eigenvalue weighted by atomic mass is 32.1. The van der Waals surface area contributed by atoms with Crippen molar-refractivity contribution in [3.8, 4) is 0 Å². The van der Waals surface area contributed by atoms with Gasteiger partial charge in [-0.25, -0.2) is 4.98 Å². The summed E-state index contributed by atoms with van der Waals surface area (Å²) in [6, 6.07) is 0.297. The molecule has 1 aliphatic carbocycles. The lowest BCUT2D eigenvalue weighted by Gasteiger charge is -2.06. The third-order valence-electron chi connectivity index (χ3n) is 2.89. The van der Waals surface area contributed by atoms with E-state index in [0.29, 0.717) is 6.04 Å². The van der Waals surface area contributed by atoms with Gasteiger partial charge in [0.25, 0.3) is 0 Å². The first-order valence-electron chi connectivity index (χ1n) is 5.96. The van der Waals surface area contributed by atoms with Gasteiger partial charge >= 0.3 is 0 Å². The van der Waals surface area contributed by atoms with E-state index < -0.39 is 0 Å². The van der Waals surface area contributed by atoms with Crippen molar-refractivity contribution in [1.82, 2.24) is 4.98 Å². The Morgan fingerprint density at radius 1 is 1.60 bits per heavy atom. The van der Waals surface area contributed by atoms with E-state index in [9.17, 15) is 0 Å². The lowest BCUT2D eigenvalue weighted by Crippen LogP contribution is -2.22. The molecule has 0 amide bonds. The van der Waals surface area contributed by atoms with Gasteiger partial charge in [-0.05, 0) is 25.2 Å². The number of rotatable bonds is 6. The van der Waals surface area contributed by atoms with Crippen LogP contribution < -0.4 is 5.73 Å². The van der Waals surface area contributed by atoms with Crippen LogP contribution in [-0.4, -0.2) is 11.0 Å². The molecule has 1 saturated carbocycles. The van der Waals surface area contributed by atoms with Gasteiger partial charge in [-0.1, -0.05) is 13.3 Å². The normalized spacial score (nSPS) is 18.0. The second-order valence-electron chi connectivity index (χ2n) is 4.63. The van der Waals surface area contributed by atoms with Gasteiger partial charge in [0.2, 0.25) is 0 Å². The summed E-state index contributed by atoms with van der Waals surface area (Å²) in [7, 11) is 0. The van der Waals surface area contributed by atoms with Crippen LogP contribution >= 0.6 is 11.3 Å². The first-order chi connectivity index (χ1) is 7.28. The molecular formula is C12H20N2S. The molecule has 1 aromatic rings.